The van der Waals surface area contributed by atoms with Crippen molar-refractivity contribution in [3.05, 3.63) is 63.6 Å². The van der Waals surface area contributed by atoms with Crippen LogP contribution in [0.15, 0.2) is 47.4 Å². The van der Waals surface area contributed by atoms with Gasteiger partial charge in [-0.2, -0.15) is 4.31 Å². The Labute approximate surface area is 162 Å². The molecule has 1 fully saturated rings. The summed E-state index contributed by atoms with van der Waals surface area (Å²) in [4.78, 5) is 12.2. The molecule has 0 bridgehead atoms. The molecule has 2 aromatic rings. The summed E-state index contributed by atoms with van der Waals surface area (Å²) in [6.07, 6.45) is 1.64. The number of esters is 1. The Hall–Kier alpha value is -1.60. The summed E-state index contributed by atoms with van der Waals surface area (Å²) in [7, 11) is -3.72. The highest BCUT2D eigenvalue weighted by Gasteiger charge is 2.29. The molecule has 0 unspecified atom stereocenters. The molecule has 2 aromatic carbocycles. The first-order chi connectivity index (χ1) is 12.4. The SMILES string of the molecule is O=C(OCc1ccc(Cl)cc1)c1ccc(Cl)c(S(=O)(=O)N2CCCC2)c1. The van der Waals surface area contributed by atoms with E-state index in [-0.39, 0.29) is 22.1 Å². The van der Waals surface area contributed by atoms with Gasteiger partial charge in [-0.3, -0.25) is 0 Å². The first-order valence-electron chi connectivity index (χ1n) is 8.09. The molecule has 0 saturated carbocycles. The lowest BCUT2D eigenvalue weighted by molar-refractivity contribution is 0.0472. The average molecular weight is 414 g/mol. The minimum absolute atomic E-state index is 0.0623. The Kier molecular flexibility index (Phi) is 5.87. The van der Waals surface area contributed by atoms with E-state index in [0.29, 0.717) is 18.1 Å². The summed E-state index contributed by atoms with van der Waals surface area (Å²) in [6.45, 7) is 0.987. The summed E-state index contributed by atoms with van der Waals surface area (Å²) < 4.78 is 32.1. The Balaban J connectivity index is 1.78. The van der Waals surface area contributed by atoms with Gasteiger partial charge in [0.1, 0.15) is 11.5 Å². The van der Waals surface area contributed by atoms with Gasteiger partial charge in [0.15, 0.2) is 0 Å². The van der Waals surface area contributed by atoms with Crippen LogP contribution in [0.2, 0.25) is 10.0 Å². The summed E-state index contributed by atoms with van der Waals surface area (Å²) in [5.41, 5.74) is 0.919. The zero-order valence-corrected chi connectivity index (χ0v) is 16.1. The number of halogens is 2. The monoisotopic (exact) mass is 413 g/mol. The van der Waals surface area contributed by atoms with E-state index in [9.17, 15) is 13.2 Å². The fourth-order valence-corrected chi connectivity index (χ4v) is 4.85. The summed E-state index contributed by atoms with van der Waals surface area (Å²) >= 11 is 11.9. The van der Waals surface area contributed by atoms with Gasteiger partial charge >= 0.3 is 5.97 Å². The maximum atomic E-state index is 12.7. The maximum Gasteiger partial charge on any atom is 0.338 e. The van der Waals surface area contributed by atoms with E-state index in [4.69, 9.17) is 27.9 Å². The van der Waals surface area contributed by atoms with Gasteiger partial charge in [0.25, 0.3) is 0 Å². The Morgan fingerprint density at radius 1 is 1.04 bits per heavy atom. The molecule has 1 heterocycles. The van der Waals surface area contributed by atoms with Crippen LogP contribution in [0.25, 0.3) is 0 Å². The third-order valence-electron chi connectivity index (χ3n) is 4.13. The average Bonchev–Trinajstić information content (AvgIpc) is 3.17. The molecule has 0 atom stereocenters. The van der Waals surface area contributed by atoms with E-state index in [2.05, 4.69) is 0 Å². The first kappa shape index (κ1) is 19.2. The number of sulfonamides is 1. The topological polar surface area (TPSA) is 63.7 Å². The lowest BCUT2D eigenvalue weighted by Crippen LogP contribution is -2.28. The van der Waals surface area contributed by atoms with Gasteiger partial charge < -0.3 is 4.74 Å². The number of ether oxygens (including phenoxy) is 1. The van der Waals surface area contributed by atoms with Gasteiger partial charge in [-0.15, -0.1) is 0 Å². The highest BCUT2D eigenvalue weighted by atomic mass is 35.5. The molecule has 0 aromatic heterocycles. The highest BCUT2D eigenvalue weighted by Crippen LogP contribution is 2.28. The van der Waals surface area contributed by atoms with Crippen LogP contribution in [-0.2, 0) is 21.4 Å². The number of rotatable bonds is 5. The van der Waals surface area contributed by atoms with Crippen LogP contribution in [0.5, 0.6) is 0 Å². The third-order valence-corrected chi connectivity index (χ3v) is 6.77. The molecule has 1 aliphatic rings. The molecule has 0 aliphatic carbocycles. The Morgan fingerprint density at radius 3 is 2.35 bits per heavy atom. The van der Waals surface area contributed by atoms with Gasteiger partial charge in [0, 0.05) is 18.1 Å². The van der Waals surface area contributed by atoms with Crippen molar-refractivity contribution in [3.63, 3.8) is 0 Å². The molecule has 1 saturated heterocycles. The van der Waals surface area contributed by atoms with E-state index >= 15 is 0 Å². The standard InChI is InChI=1S/C18H17Cl2NO4S/c19-15-6-3-13(4-7-15)12-25-18(22)14-5-8-16(20)17(11-14)26(23,24)21-9-1-2-10-21/h3-8,11H,1-2,9-10,12H2. The highest BCUT2D eigenvalue weighted by molar-refractivity contribution is 7.89. The molecule has 1 aliphatic heterocycles. The fourth-order valence-electron chi connectivity index (χ4n) is 2.71. The number of carbonyl (C=O) groups is 1. The van der Waals surface area contributed by atoms with Gasteiger partial charge in [-0.25, -0.2) is 13.2 Å². The number of hydrogen-bond acceptors (Lipinski definition) is 4. The molecule has 138 valence electrons. The Bertz CT molecular complexity index is 907. The van der Waals surface area contributed by atoms with Crippen LogP contribution in [0.1, 0.15) is 28.8 Å². The van der Waals surface area contributed by atoms with Crippen molar-refractivity contribution < 1.29 is 17.9 Å². The van der Waals surface area contributed by atoms with Gasteiger partial charge in [0.2, 0.25) is 10.0 Å². The predicted octanol–water partition coefficient (Wildman–Crippen LogP) is 4.13. The van der Waals surface area contributed by atoms with Crippen LogP contribution in [0.3, 0.4) is 0 Å². The van der Waals surface area contributed by atoms with Crippen molar-refractivity contribution in [3.8, 4) is 0 Å². The summed E-state index contributed by atoms with van der Waals surface area (Å²) in [6, 6.07) is 11.0. The molecule has 26 heavy (non-hydrogen) atoms. The molecule has 0 spiro atoms. The lowest BCUT2D eigenvalue weighted by atomic mass is 10.2. The molecule has 0 amide bonds. The van der Waals surface area contributed by atoms with Gasteiger partial charge in [-0.05, 0) is 48.7 Å². The molecular formula is C18H17Cl2NO4S. The molecule has 0 radical (unpaired) electrons. The first-order valence-corrected chi connectivity index (χ1v) is 10.3. The second kappa shape index (κ2) is 7.96. The summed E-state index contributed by atoms with van der Waals surface area (Å²) in [5, 5.41) is 0.681. The quantitative estimate of drug-likeness (QED) is 0.690. The van der Waals surface area contributed by atoms with Crippen LogP contribution in [-0.4, -0.2) is 31.8 Å². The molecule has 3 rings (SSSR count). The van der Waals surface area contributed by atoms with Gasteiger partial charge in [0.05, 0.1) is 10.6 Å². The molecule has 0 N–H and O–H groups in total. The van der Waals surface area contributed by atoms with Crippen molar-refractivity contribution in [2.45, 2.75) is 24.3 Å². The van der Waals surface area contributed by atoms with E-state index in [0.717, 1.165) is 18.4 Å². The largest absolute Gasteiger partial charge is 0.457 e. The molecule has 5 nitrogen and oxygen atoms in total. The van der Waals surface area contributed by atoms with Crippen molar-refractivity contribution in [2.75, 3.05) is 13.1 Å². The van der Waals surface area contributed by atoms with Crippen molar-refractivity contribution in [2.24, 2.45) is 0 Å². The summed E-state index contributed by atoms with van der Waals surface area (Å²) in [5.74, 6) is -0.616. The van der Waals surface area contributed by atoms with E-state index in [1.54, 1.807) is 24.3 Å². The van der Waals surface area contributed by atoms with Crippen LogP contribution in [0, 0.1) is 0 Å². The maximum absolute atomic E-state index is 12.7. The van der Waals surface area contributed by atoms with Gasteiger partial charge in [-0.1, -0.05) is 35.3 Å². The number of nitrogens with zero attached hydrogens (tertiary/aromatic N) is 1. The second-order valence-electron chi connectivity index (χ2n) is 5.96. The minimum Gasteiger partial charge on any atom is -0.457 e. The number of benzene rings is 2. The third kappa shape index (κ3) is 4.20. The van der Waals surface area contributed by atoms with Crippen molar-refractivity contribution in [1.29, 1.82) is 0 Å². The van der Waals surface area contributed by atoms with Crippen molar-refractivity contribution in [1.82, 2.24) is 4.31 Å². The lowest BCUT2D eigenvalue weighted by Gasteiger charge is -2.17. The second-order valence-corrected chi connectivity index (χ2v) is 8.71. The normalized spacial score (nSPS) is 15.2. The smallest absolute Gasteiger partial charge is 0.338 e. The van der Waals surface area contributed by atoms with Crippen LogP contribution in [0.4, 0.5) is 0 Å². The van der Waals surface area contributed by atoms with E-state index < -0.39 is 16.0 Å². The predicted molar refractivity (Wildman–Crippen MR) is 100 cm³/mol. The minimum atomic E-state index is -3.72. The zero-order chi connectivity index (χ0) is 18.7. The number of hydrogen-bond donors (Lipinski definition) is 0. The van der Waals surface area contributed by atoms with Crippen LogP contribution < -0.4 is 0 Å². The van der Waals surface area contributed by atoms with Crippen molar-refractivity contribution >= 4 is 39.2 Å². The van der Waals surface area contributed by atoms with E-state index in [1.165, 1.54) is 22.5 Å². The molecule has 8 heteroatoms. The Morgan fingerprint density at radius 2 is 1.69 bits per heavy atom. The molecular weight excluding hydrogens is 397 g/mol. The number of carbonyl (C=O) groups excluding carboxylic acids is 1. The fraction of sp³-hybridized carbons (Fsp3) is 0.278. The zero-order valence-electron chi connectivity index (χ0n) is 13.8. The van der Waals surface area contributed by atoms with Crippen LogP contribution >= 0.6 is 23.2 Å². The van der Waals surface area contributed by atoms with E-state index in [1.807, 2.05) is 0 Å².